The van der Waals surface area contributed by atoms with Crippen LogP contribution >= 0.6 is 0 Å². The van der Waals surface area contributed by atoms with Crippen LogP contribution < -0.4 is 5.32 Å². The van der Waals surface area contributed by atoms with Crippen LogP contribution in [0.3, 0.4) is 0 Å². The molecule has 10 heteroatoms. The molecule has 2 aliphatic rings. The van der Waals surface area contributed by atoms with Crippen LogP contribution in [0.4, 0.5) is 4.39 Å². The summed E-state index contributed by atoms with van der Waals surface area (Å²) in [5.74, 6) is -0.695. The average Bonchev–Trinajstić information content (AvgIpc) is 3.35. The van der Waals surface area contributed by atoms with Gasteiger partial charge in [0, 0.05) is 44.6 Å². The maximum Gasteiger partial charge on any atom is 0.231 e. The van der Waals surface area contributed by atoms with Crippen molar-refractivity contribution < 1.29 is 22.3 Å². The first-order valence-corrected chi connectivity index (χ1v) is 14.9. The zero-order chi connectivity index (χ0) is 27.6. The number of ether oxygens (including phenoxy) is 1. The Bertz CT molecular complexity index is 1420. The molecule has 1 N–H and O–H groups in total. The molecule has 3 aromatic rings. The lowest BCUT2D eigenvalue weighted by Gasteiger charge is -2.38. The van der Waals surface area contributed by atoms with Crippen LogP contribution in [0.15, 0.2) is 60.8 Å². The molecule has 3 heterocycles. The average molecular weight is 555 g/mol. The van der Waals surface area contributed by atoms with E-state index >= 15 is 4.39 Å². The van der Waals surface area contributed by atoms with Gasteiger partial charge in [0.05, 0.1) is 17.7 Å². The quantitative estimate of drug-likeness (QED) is 0.477. The number of nitrogens with zero attached hydrogens (tertiary/aromatic N) is 3. The molecule has 5 rings (SSSR count). The molecule has 2 aromatic carbocycles. The fourth-order valence-corrected chi connectivity index (χ4v) is 7.96. The Hall–Kier alpha value is -3.08. The van der Waals surface area contributed by atoms with Crippen molar-refractivity contribution in [2.75, 3.05) is 13.2 Å². The smallest absolute Gasteiger partial charge is 0.231 e. The number of benzene rings is 2. The third kappa shape index (κ3) is 5.37. The topological polar surface area (TPSA) is 93.5 Å². The van der Waals surface area contributed by atoms with Gasteiger partial charge in [-0.3, -0.25) is 9.48 Å². The Morgan fingerprint density at radius 2 is 1.87 bits per heavy atom. The van der Waals surface area contributed by atoms with Crippen molar-refractivity contribution in [3.8, 4) is 0 Å². The van der Waals surface area contributed by atoms with Crippen molar-refractivity contribution in [2.45, 2.75) is 62.4 Å². The van der Waals surface area contributed by atoms with Crippen molar-refractivity contribution in [3.63, 3.8) is 0 Å². The predicted molar refractivity (Wildman–Crippen MR) is 146 cm³/mol. The van der Waals surface area contributed by atoms with Crippen LogP contribution in [0.5, 0.6) is 0 Å². The molecule has 0 radical (unpaired) electrons. The summed E-state index contributed by atoms with van der Waals surface area (Å²) in [7, 11) is -1.88. The number of halogens is 1. The molecule has 2 aliphatic heterocycles. The number of amides is 1. The number of carbonyl (C=O) groups excluding carboxylic acids is 1. The summed E-state index contributed by atoms with van der Waals surface area (Å²) in [5, 5.41) is 6.50. The molecule has 39 heavy (non-hydrogen) atoms. The third-order valence-corrected chi connectivity index (χ3v) is 10.6. The summed E-state index contributed by atoms with van der Waals surface area (Å²) in [6.07, 6.45) is 3.76. The highest BCUT2D eigenvalue weighted by molar-refractivity contribution is 7.89. The van der Waals surface area contributed by atoms with E-state index in [-0.39, 0.29) is 18.5 Å². The number of hydrogen-bond acceptors (Lipinski definition) is 5. The maximum atomic E-state index is 15.7. The summed E-state index contributed by atoms with van der Waals surface area (Å²) in [4.78, 5) is 13.5. The lowest BCUT2D eigenvalue weighted by molar-refractivity contribution is -0.130. The molecule has 2 atom stereocenters. The van der Waals surface area contributed by atoms with Crippen molar-refractivity contribution >= 4 is 15.9 Å². The highest BCUT2D eigenvalue weighted by Gasteiger charge is 2.43. The second kappa shape index (κ2) is 11.2. The number of sulfonamides is 1. The zero-order valence-electron chi connectivity index (χ0n) is 22.3. The summed E-state index contributed by atoms with van der Waals surface area (Å²) >= 11 is 0. The summed E-state index contributed by atoms with van der Waals surface area (Å²) in [5.41, 5.74) is 1.55. The highest BCUT2D eigenvalue weighted by Crippen LogP contribution is 2.39. The molecule has 2 saturated heterocycles. The fourth-order valence-electron chi connectivity index (χ4n) is 5.77. The number of nitrogens with one attached hydrogen (secondary N) is 1. The molecule has 1 aromatic heterocycles. The lowest BCUT2D eigenvalue weighted by atomic mass is 9.73. The maximum absolute atomic E-state index is 15.7. The molecular formula is C29H35FN4O4S. The fraction of sp³-hybridized carbons (Fsp3) is 0.448. The van der Waals surface area contributed by atoms with E-state index in [9.17, 15) is 13.2 Å². The minimum absolute atomic E-state index is 0.0538. The van der Waals surface area contributed by atoms with Gasteiger partial charge >= 0.3 is 0 Å². The Labute approximate surface area is 229 Å². The van der Waals surface area contributed by atoms with Gasteiger partial charge in [-0.2, -0.15) is 9.40 Å². The van der Waals surface area contributed by atoms with Gasteiger partial charge < -0.3 is 10.1 Å². The molecule has 0 aliphatic carbocycles. The van der Waals surface area contributed by atoms with E-state index in [1.807, 2.05) is 50.4 Å². The van der Waals surface area contributed by atoms with Crippen molar-refractivity contribution in [3.05, 3.63) is 89.0 Å². The monoisotopic (exact) mass is 554 g/mol. The Balaban J connectivity index is 1.39. The minimum Gasteiger partial charge on any atom is -0.381 e. The Kier molecular flexibility index (Phi) is 7.89. The lowest BCUT2D eigenvalue weighted by Crippen LogP contribution is -2.48. The molecule has 0 spiro atoms. The molecule has 8 nitrogen and oxygen atoms in total. The zero-order valence-corrected chi connectivity index (χ0v) is 23.2. The van der Waals surface area contributed by atoms with Gasteiger partial charge in [-0.25, -0.2) is 12.8 Å². The number of carbonyl (C=O) groups is 1. The summed E-state index contributed by atoms with van der Waals surface area (Å²) in [6.45, 7) is 2.92. The SMILES string of the molecule is C[C@H]1CC[C@H](c2ccccc2)S(=O)(=O)N1Cc1ccc(C2(C(=O)NCc3ccnn3C)CCOCC2)cc1F. The van der Waals surface area contributed by atoms with Crippen LogP contribution in [0.25, 0.3) is 0 Å². The van der Waals surface area contributed by atoms with Gasteiger partial charge in [0.25, 0.3) is 0 Å². The number of aromatic nitrogens is 2. The first kappa shape index (κ1) is 27.5. The first-order valence-electron chi connectivity index (χ1n) is 13.4. The molecule has 0 bridgehead atoms. The van der Waals surface area contributed by atoms with Crippen LogP contribution in [0.2, 0.25) is 0 Å². The molecule has 0 saturated carbocycles. The van der Waals surface area contributed by atoms with Crippen LogP contribution in [-0.2, 0) is 45.1 Å². The van der Waals surface area contributed by atoms with E-state index < -0.39 is 26.5 Å². The predicted octanol–water partition coefficient (Wildman–Crippen LogP) is 3.98. The van der Waals surface area contributed by atoms with E-state index in [0.717, 1.165) is 11.3 Å². The summed E-state index contributed by atoms with van der Waals surface area (Å²) in [6, 6.07) is 15.6. The molecule has 208 valence electrons. The van der Waals surface area contributed by atoms with Gasteiger partial charge in [0.2, 0.25) is 15.9 Å². The van der Waals surface area contributed by atoms with E-state index in [1.165, 1.54) is 10.4 Å². The van der Waals surface area contributed by atoms with Gasteiger partial charge in [-0.1, -0.05) is 42.5 Å². The second-order valence-electron chi connectivity index (χ2n) is 10.5. The van der Waals surface area contributed by atoms with Crippen molar-refractivity contribution in [2.24, 2.45) is 7.05 Å². The van der Waals surface area contributed by atoms with Gasteiger partial charge in [-0.15, -0.1) is 0 Å². The Morgan fingerprint density at radius 1 is 1.13 bits per heavy atom. The highest BCUT2D eigenvalue weighted by atomic mass is 32.2. The standard InChI is InChI=1S/C29H35FN4O4S/c1-21-8-11-27(22-6-4-3-5-7-22)39(36,37)34(21)20-23-9-10-24(18-26(23)30)29(13-16-38-17-14-29)28(35)31-19-25-12-15-32-33(25)2/h3-7,9-10,12,15,18,21,27H,8,11,13-14,16-17,19-20H2,1-2H3,(H,31,35)/t21-,27+/m0/s1. The second-order valence-corrected chi connectivity index (χ2v) is 12.6. The van der Waals surface area contributed by atoms with E-state index in [1.54, 1.807) is 23.0 Å². The van der Waals surface area contributed by atoms with Crippen LogP contribution in [0, 0.1) is 5.82 Å². The van der Waals surface area contributed by atoms with E-state index in [4.69, 9.17) is 4.74 Å². The van der Waals surface area contributed by atoms with Gasteiger partial charge in [0.1, 0.15) is 11.1 Å². The molecule has 1 amide bonds. The van der Waals surface area contributed by atoms with Crippen LogP contribution in [-0.4, -0.2) is 47.7 Å². The van der Waals surface area contributed by atoms with Gasteiger partial charge in [-0.05, 0) is 55.9 Å². The van der Waals surface area contributed by atoms with Crippen molar-refractivity contribution in [1.82, 2.24) is 19.4 Å². The molecule has 2 fully saturated rings. The van der Waals surface area contributed by atoms with Crippen molar-refractivity contribution in [1.29, 1.82) is 0 Å². The van der Waals surface area contributed by atoms with Gasteiger partial charge in [0.15, 0.2) is 0 Å². The Morgan fingerprint density at radius 3 is 2.54 bits per heavy atom. The first-order chi connectivity index (χ1) is 18.7. The van der Waals surface area contributed by atoms with E-state index in [0.29, 0.717) is 56.6 Å². The number of aryl methyl sites for hydroxylation is 1. The molecule has 0 unspecified atom stereocenters. The van der Waals surface area contributed by atoms with Crippen LogP contribution in [0.1, 0.15) is 60.2 Å². The molecular weight excluding hydrogens is 519 g/mol. The summed E-state index contributed by atoms with van der Waals surface area (Å²) < 4.78 is 51.6. The number of rotatable bonds is 7. The minimum atomic E-state index is -3.69. The largest absolute Gasteiger partial charge is 0.381 e. The van der Waals surface area contributed by atoms with E-state index in [2.05, 4.69) is 10.4 Å². The number of hydrogen-bond donors (Lipinski definition) is 1. The normalized spacial score (nSPS) is 22.8. The third-order valence-electron chi connectivity index (χ3n) is 8.26.